The number of aromatic amines is 4. The Bertz CT molecular complexity index is 3600. The molecule has 0 atom stereocenters. The number of hydrogen-bond acceptors (Lipinski definition) is 5. The van der Waals surface area contributed by atoms with E-state index in [9.17, 15) is 14.0 Å². The summed E-state index contributed by atoms with van der Waals surface area (Å²) in [6.45, 7) is 38.2. The van der Waals surface area contributed by atoms with Gasteiger partial charge in [0.2, 0.25) is 11.1 Å². The summed E-state index contributed by atoms with van der Waals surface area (Å²) in [6.07, 6.45) is 0. The van der Waals surface area contributed by atoms with Crippen LogP contribution in [0.4, 0.5) is 4.39 Å². The fraction of sp³-hybridized carbons (Fsp3) is 0.381. The number of benzene rings is 5. The van der Waals surface area contributed by atoms with Gasteiger partial charge in [0.1, 0.15) is 5.82 Å². The average Bonchev–Trinajstić information content (AvgIpc) is 3.98. The zero-order valence-electron chi connectivity index (χ0n) is 47.4. The van der Waals surface area contributed by atoms with Crippen LogP contribution >= 0.6 is 0 Å². The molecule has 74 heavy (non-hydrogen) atoms. The lowest BCUT2D eigenvalue weighted by atomic mass is 9.82. The monoisotopic (exact) mass is 999 g/mol. The van der Waals surface area contributed by atoms with Crippen molar-refractivity contribution in [2.45, 2.75) is 152 Å². The third kappa shape index (κ3) is 12.8. The van der Waals surface area contributed by atoms with Crippen LogP contribution in [0, 0.1) is 26.6 Å². The highest BCUT2D eigenvalue weighted by molar-refractivity contribution is 5.88. The van der Waals surface area contributed by atoms with Gasteiger partial charge in [0.05, 0.1) is 27.8 Å². The Hall–Kier alpha value is -7.14. The summed E-state index contributed by atoms with van der Waals surface area (Å²) in [7, 11) is 2.00. The van der Waals surface area contributed by atoms with Gasteiger partial charge >= 0.3 is 0 Å². The molecule has 10 aromatic rings. The summed E-state index contributed by atoms with van der Waals surface area (Å²) in [5.74, 6) is -0.179. The molecule has 0 aliphatic heterocycles. The van der Waals surface area contributed by atoms with Gasteiger partial charge in [-0.15, -0.1) is 0 Å². The first-order valence-corrected chi connectivity index (χ1v) is 25.5. The lowest BCUT2D eigenvalue weighted by molar-refractivity contribution is 0.527. The van der Waals surface area contributed by atoms with Crippen molar-refractivity contribution in [3.63, 3.8) is 0 Å². The molecule has 0 fully saturated rings. The van der Waals surface area contributed by atoms with E-state index in [0.29, 0.717) is 5.56 Å². The second-order valence-corrected chi connectivity index (χ2v) is 24.6. The van der Waals surface area contributed by atoms with Crippen molar-refractivity contribution in [3.8, 4) is 0 Å². The van der Waals surface area contributed by atoms with Crippen LogP contribution in [0.15, 0.2) is 119 Å². The van der Waals surface area contributed by atoms with Gasteiger partial charge in [0.15, 0.2) is 0 Å². The van der Waals surface area contributed by atoms with Crippen LogP contribution < -0.4 is 11.1 Å². The Morgan fingerprint density at radius 1 is 0.486 bits per heavy atom. The minimum atomic E-state index is -0.231. The minimum absolute atomic E-state index is 0.0291. The molecule has 0 unspecified atom stereocenters. The van der Waals surface area contributed by atoms with Crippen LogP contribution in [0.25, 0.3) is 54.4 Å². The highest BCUT2D eigenvalue weighted by atomic mass is 19.1. The van der Waals surface area contributed by atoms with Gasteiger partial charge in [-0.25, -0.2) is 4.39 Å². The lowest BCUT2D eigenvalue weighted by Crippen LogP contribution is -2.19. The molecule has 11 heteroatoms. The van der Waals surface area contributed by atoms with Gasteiger partial charge < -0.3 is 9.97 Å². The van der Waals surface area contributed by atoms with Crippen LogP contribution in [0.1, 0.15) is 149 Å². The molecule has 0 amide bonds. The molecule has 0 aliphatic rings. The van der Waals surface area contributed by atoms with Crippen LogP contribution in [-0.2, 0) is 34.1 Å². The fourth-order valence-corrected chi connectivity index (χ4v) is 9.54. The summed E-state index contributed by atoms with van der Waals surface area (Å²) in [4.78, 5) is 28.6. The van der Waals surface area contributed by atoms with Crippen molar-refractivity contribution in [2.24, 2.45) is 7.05 Å². The SMILES string of the molecule is CC(C)(C)c1[nH]c(=O)cc2ccccc12.CC(C)(C)c1cccc2ccc(=O)[nH]c12.Cc1[nH]nc2c(C(C)(C)C)c(F)ccc12.Cc1ccc2c(C)[nH]nc2c1C(C)(C)C.Cn1nc(C(C)(C)C)c2ccccc21. The second-order valence-electron chi connectivity index (χ2n) is 24.6. The average molecular weight is 999 g/mol. The predicted octanol–water partition coefficient (Wildman–Crippen LogP) is 15.3. The number of para-hydroxylation sites is 2. The molecule has 5 aromatic carbocycles. The first-order valence-electron chi connectivity index (χ1n) is 25.5. The topological polar surface area (TPSA) is 141 Å². The minimum Gasteiger partial charge on any atom is -0.325 e. The maximum Gasteiger partial charge on any atom is 0.248 e. The molecule has 10 nitrogen and oxygen atoms in total. The van der Waals surface area contributed by atoms with Crippen molar-refractivity contribution in [1.82, 2.24) is 40.1 Å². The molecule has 10 rings (SSSR count). The number of hydrogen-bond donors (Lipinski definition) is 4. The van der Waals surface area contributed by atoms with Crippen LogP contribution in [0.5, 0.6) is 0 Å². The van der Waals surface area contributed by atoms with Gasteiger partial charge in [-0.05, 0) is 88.7 Å². The molecule has 0 bridgehead atoms. The number of halogens is 1. The molecular weight excluding hydrogens is 920 g/mol. The third-order valence-corrected chi connectivity index (χ3v) is 13.0. The normalized spacial score (nSPS) is 12.2. The van der Waals surface area contributed by atoms with E-state index >= 15 is 0 Å². The number of aryl methyl sites for hydroxylation is 4. The van der Waals surface area contributed by atoms with Crippen LogP contribution in [-0.4, -0.2) is 40.1 Å². The van der Waals surface area contributed by atoms with Crippen molar-refractivity contribution < 1.29 is 4.39 Å². The van der Waals surface area contributed by atoms with Crippen LogP contribution in [0.3, 0.4) is 0 Å². The summed E-state index contributed by atoms with van der Waals surface area (Å²) >= 11 is 0. The van der Waals surface area contributed by atoms with E-state index < -0.39 is 0 Å². The molecule has 390 valence electrons. The quantitative estimate of drug-likeness (QED) is 0.120. The van der Waals surface area contributed by atoms with Crippen molar-refractivity contribution >= 4 is 54.4 Å². The zero-order valence-corrected chi connectivity index (χ0v) is 47.4. The maximum absolute atomic E-state index is 13.8. The Kier molecular flexibility index (Phi) is 16.2. The molecular formula is C63H79FN8O2. The standard InChI is InChI=1S/C13H18N2.2C13H15NO.C12H15FN2.C12H16N2/c1-8-6-7-10-9(2)14-15-12(10)11(8)13(3,4)5;1-13(2,3)10-6-4-5-9-7-8-11(15)14-12(9)10;1-13(2,3)12-10-7-5-4-6-9(10)8-11(15)14-12;1-7-8-5-6-9(13)10(12(2,3)4)11(8)15-14-7;1-12(2,3)11-9-7-5-6-8-10(9)14(4)13-11/h6-7H,1-5H3,(H,14,15);2*4-8H,1-3H3,(H,14,15);5-6H,1-4H3,(H,14,15);5-8H,1-4H3. The van der Waals surface area contributed by atoms with Crippen LogP contribution in [0.2, 0.25) is 0 Å². The highest BCUT2D eigenvalue weighted by Gasteiger charge is 2.25. The van der Waals surface area contributed by atoms with E-state index in [2.05, 4.69) is 175 Å². The van der Waals surface area contributed by atoms with E-state index in [1.165, 1.54) is 44.7 Å². The maximum atomic E-state index is 13.8. The lowest BCUT2D eigenvalue weighted by Gasteiger charge is -2.21. The van der Waals surface area contributed by atoms with Crippen molar-refractivity contribution in [1.29, 1.82) is 0 Å². The fourth-order valence-electron chi connectivity index (χ4n) is 9.54. The summed E-state index contributed by atoms with van der Waals surface area (Å²) in [5.41, 5.74) is 12.8. The van der Waals surface area contributed by atoms with Gasteiger partial charge in [-0.1, -0.05) is 177 Å². The van der Waals surface area contributed by atoms with E-state index in [0.717, 1.165) is 55.2 Å². The summed E-state index contributed by atoms with van der Waals surface area (Å²) in [6, 6.07) is 35.2. The van der Waals surface area contributed by atoms with E-state index in [-0.39, 0.29) is 44.0 Å². The first kappa shape index (κ1) is 56.2. The molecule has 0 saturated carbocycles. The number of nitrogens with one attached hydrogen (secondary N) is 4. The van der Waals surface area contributed by atoms with E-state index in [4.69, 9.17) is 0 Å². The molecule has 0 aliphatic carbocycles. The predicted molar refractivity (Wildman–Crippen MR) is 310 cm³/mol. The molecule has 5 heterocycles. The second kappa shape index (κ2) is 21.4. The molecule has 5 aromatic heterocycles. The Balaban J connectivity index is 0.000000151. The number of fused-ring (bicyclic) bond motifs is 5. The van der Waals surface area contributed by atoms with Crippen molar-refractivity contribution in [2.75, 3.05) is 0 Å². The number of H-pyrrole nitrogens is 4. The smallest absolute Gasteiger partial charge is 0.248 e. The van der Waals surface area contributed by atoms with Crippen molar-refractivity contribution in [3.05, 3.63) is 181 Å². The Labute approximate surface area is 436 Å². The molecule has 0 spiro atoms. The Morgan fingerprint density at radius 3 is 1.59 bits per heavy atom. The third-order valence-electron chi connectivity index (χ3n) is 13.0. The molecule has 4 N–H and O–H groups in total. The van der Waals surface area contributed by atoms with E-state index in [1.807, 2.05) is 81.9 Å². The van der Waals surface area contributed by atoms with Gasteiger partial charge in [-0.2, -0.15) is 15.3 Å². The Morgan fingerprint density at radius 2 is 1.03 bits per heavy atom. The van der Waals surface area contributed by atoms with E-state index in [1.54, 1.807) is 18.2 Å². The number of nitrogens with zero attached hydrogens (tertiary/aromatic N) is 4. The number of pyridine rings is 2. The number of aromatic nitrogens is 8. The first-order chi connectivity index (χ1) is 34.3. The number of rotatable bonds is 0. The largest absolute Gasteiger partial charge is 0.325 e. The van der Waals surface area contributed by atoms with Gasteiger partial charge in [0.25, 0.3) is 0 Å². The molecule has 0 radical (unpaired) electrons. The summed E-state index contributed by atoms with van der Waals surface area (Å²) < 4.78 is 15.7. The zero-order chi connectivity index (χ0) is 54.9. The van der Waals surface area contributed by atoms with Gasteiger partial charge in [-0.3, -0.25) is 24.5 Å². The summed E-state index contributed by atoms with van der Waals surface area (Å²) in [5, 5.41) is 25.9. The highest BCUT2D eigenvalue weighted by Crippen LogP contribution is 2.35. The van der Waals surface area contributed by atoms with Gasteiger partial charge in [0, 0.05) is 74.2 Å². The molecule has 0 saturated heterocycles.